The van der Waals surface area contributed by atoms with E-state index in [1.807, 2.05) is 0 Å². The molecule has 92 valence electrons. The van der Waals surface area contributed by atoms with Crippen molar-refractivity contribution in [1.82, 2.24) is 5.32 Å². The predicted molar refractivity (Wildman–Crippen MR) is 61.6 cm³/mol. The van der Waals surface area contributed by atoms with Crippen molar-refractivity contribution in [2.75, 3.05) is 13.2 Å². The number of nitrogens with one attached hydrogen (secondary N) is 1. The van der Waals surface area contributed by atoms with Crippen LogP contribution >= 0.6 is 0 Å². The number of aliphatic hydroxyl groups excluding tert-OH is 1. The molecule has 3 rings (SSSR count). The number of aliphatic hydroxyl groups is 1. The second kappa shape index (κ2) is 3.96. The van der Waals surface area contributed by atoms with Gasteiger partial charge in [-0.2, -0.15) is 0 Å². The smallest absolute Gasteiger partial charge is 0.123 e. The molecule has 0 saturated heterocycles. The fourth-order valence-corrected chi connectivity index (χ4v) is 2.27. The van der Waals surface area contributed by atoms with E-state index in [4.69, 9.17) is 4.74 Å². The Labute approximate surface area is 99.6 Å². The van der Waals surface area contributed by atoms with E-state index in [2.05, 4.69) is 5.32 Å². The Hall–Kier alpha value is -1.13. The molecule has 0 bridgehead atoms. The van der Waals surface area contributed by atoms with Gasteiger partial charge in [0.1, 0.15) is 17.7 Å². The highest BCUT2D eigenvalue weighted by Gasteiger charge is 2.42. The van der Waals surface area contributed by atoms with Crippen LogP contribution in [0.5, 0.6) is 5.75 Å². The summed E-state index contributed by atoms with van der Waals surface area (Å²) >= 11 is 0. The highest BCUT2D eigenvalue weighted by atomic mass is 19.1. The first kappa shape index (κ1) is 11.0. The third kappa shape index (κ3) is 2.15. The molecule has 0 radical (unpaired) electrons. The highest BCUT2D eigenvalue weighted by Crippen LogP contribution is 2.35. The average Bonchev–Trinajstić information content (AvgIpc) is 3.00. The summed E-state index contributed by atoms with van der Waals surface area (Å²) in [5.41, 5.74) is 0.870. The topological polar surface area (TPSA) is 41.5 Å². The molecule has 2 aliphatic rings. The largest absolute Gasteiger partial charge is 0.488 e. The summed E-state index contributed by atoms with van der Waals surface area (Å²) in [5, 5.41) is 12.5. The van der Waals surface area contributed by atoms with Gasteiger partial charge in [0.2, 0.25) is 0 Å². The van der Waals surface area contributed by atoms with Gasteiger partial charge in [-0.15, -0.1) is 0 Å². The number of rotatable bonds is 4. The van der Waals surface area contributed by atoms with E-state index >= 15 is 0 Å². The molecule has 1 fully saturated rings. The van der Waals surface area contributed by atoms with Gasteiger partial charge in [0, 0.05) is 24.1 Å². The van der Waals surface area contributed by atoms with Gasteiger partial charge in [0.15, 0.2) is 0 Å². The van der Waals surface area contributed by atoms with Crippen molar-refractivity contribution >= 4 is 0 Å². The van der Waals surface area contributed by atoms with Gasteiger partial charge in [-0.25, -0.2) is 4.39 Å². The van der Waals surface area contributed by atoms with Gasteiger partial charge in [-0.05, 0) is 31.0 Å². The van der Waals surface area contributed by atoms with Crippen molar-refractivity contribution in [3.8, 4) is 5.75 Å². The first-order valence-corrected chi connectivity index (χ1v) is 6.02. The van der Waals surface area contributed by atoms with Crippen molar-refractivity contribution in [3.05, 3.63) is 29.6 Å². The lowest BCUT2D eigenvalue weighted by molar-refractivity contribution is 0.189. The van der Waals surface area contributed by atoms with Crippen molar-refractivity contribution in [3.63, 3.8) is 0 Å². The van der Waals surface area contributed by atoms with Crippen LogP contribution in [0.4, 0.5) is 4.39 Å². The summed E-state index contributed by atoms with van der Waals surface area (Å²) in [7, 11) is 0. The van der Waals surface area contributed by atoms with Gasteiger partial charge in [-0.1, -0.05) is 0 Å². The van der Waals surface area contributed by atoms with Crippen LogP contribution in [0, 0.1) is 5.82 Å². The third-order valence-corrected chi connectivity index (χ3v) is 3.62. The third-order valence-electron chi connectivity index (χ3n) is 3.62. The van der Waals surface area contributed by atoms with E-state index in [9.17, 15) is 9.50 Å². The van der Waals surface area contributed by atoms with Crippen LogP contribution in [-0.2, 0) is 6.42 Å². The van der Waals surface area contributed by atoms with Crippen molar-refractivity contribution in [1.29, 1.82) is 0 Å². The van der Waals surface area contributed by atoms with E-state index in [-0.39, 0.29) is 24.1 Å². The Kier molecular flexibility index (Phi) is 2.56. The van der Waals surface area contributed by atoms with Gasteiger partial charge in [0.05, 0.1) is 6.61 Å². The molecule has 1 heterocycles. The first-order chi connectivity index (χ1) is 8.21. The minimum absolute atomic E-state index is 0.0517. The summed E-state index contributed by atoms with van der Waals surface area (Å²) in [6.07, 6.45) is 2.84. The highest BCUT2D eigenvalue weighted by molar-refractivity contribution is 5.38. The Morgan fingerprint density at radius 1 is 1.47 bits per heavy atom. The minimum atomic E-state index is -0.213. The van der Waals surface area contributed by atoms with Gasteiger partial charge in [-0.3, -0.25) is 0 Å². The van der Waals surface area contributed by atoms with E-state index in [0.29, 0.717) is 6.54 Å². The van der Waals surface area contributed by atoms with Crippen molar-refractivity contribution in [2.45, 2.75) is 30.9 Å². The lowest BCUT2D eigenvalue weighted by Gasteiger charge is -2.17. The normalized spacial score (nSPS) is 24.2. The second-order valence-electron chi connectivity index (χ2n) is 5.02. The second-order valence-corrected chi connectivity index (χ2v) is 5.02. The zero-order valence-corrected chi connectivity index (χ0v) is 9.58. The Morgan fingerprint density at radius 3 is 3.00 bits per heavy atom. The number of hydrogen-bond donors (Lipinski definition) is 2. The van der Waals surface area contributed by atoms with Crippen LogP contribution in [-0.4, -0.2) is 29.9 Å². The maximum absolute atomic E-state index is 13.0. The molecule has 1 saturated carbocycles. The number of fused-ring (bicyclic) bond motifs is 1. The fraction of sp³-hybridized carbons (Fsp3) is 0.538. The zero-order valence-electron chi connectivity index (χ0n) is 9.58. The van der Waals surface area contributed by atoms with Gasteiger partial charge < -0.3 is 15.2 Å². The lowest BCUT2D eigenvalue weighted by Crippen LogP contribution is -2.41. The van der Waals surface area contributed by atoms with Crippen LogP contribution in [0.2, 0.25) is 0 Å². The summed E-state index contributed by atoms with van der Waals surface area (Å²) in [6, 6.07) is 4.64. The number of ether oxygens (including phenoxy) is 1. The van der Waals surface area contributed by atoms with E-state index in [0.717, 1.165) is 30.6 Å². The van der Waals surface area contributed by atoms with E-state index in [1.54, 1.807) is 6.07 Å². The van der Waals surface area contributed by atoms with Crippen LogP contribution in [0.3, 0.4) is 0 Å². The van der Waals surface area contributed by atoms with E-state index in [1.165, 1.54) is 12.1 Å². The Balaban J connectivity index is 1.59. The maximum Gasteiger partial charge on any atom is 0.123 e. The van der Waals surface area contributed by atoms with Crippen LogP contribution in [0.25, 0.3) is 0 Å². The maximum atomic E-state index is 13.0. The Bertz CT molecular complexity index is 431. The molecule has 4 heteroatoms. The van der Waals surface area contributed by atoms with E-state index < -0.39 is 0 Å². The molecule has 1 unspecified atom stereocenters. The van der Waals surface area contributed by atoms with Crippen LogP contribution < -0.4 is 10.1 Å². The Morgan fingerprint density at radius 2 is 2.29 bits per heavy atom. The molecule has 0 spiro atoms. The predicted octanol–water partition coefficient (Wildman–Crippen LogP) is 1.24. The molecule has 1 aliphatic carbocycles. The standard InChI is InChI=1S/C13H16FNO2/c14-10-1-2-12-9(5-10)6-11(17-12)7-15-13(8-16)3-4-13/h1-2,5,11,15-16H,3-4,6-8H2. The molecule has 0 aromatic heterocycles. The molecule has 1 aromatic carbocycles. The average molecular weight is 237 g/mol. The molecule has 3 nitrogen and oxygen atoms in total. The molecule has 1 aliphatic heterocycles. The summed E-state index contributed by atoms with van der Waals surface area (Å²) in [5.74, 6) is 0.571. The fourth-order valence-electron chi connectivity index (χ4n) is 2.27. The van der Waals surface area contributed by atoms with Gasteiger partial charge in [0.25, 0.3) is 0 Å². The quantitative estimate of drug-likeness (QED) is 0.828. The molecular weight excluding hydrogens is 221 g/mol. The molecule has 1 aromatic rings. The molecular formula is C13H16FNO2. The van der Waals surface area contributed by atoms with Crippen LogP contribution in [0.15, 0.2) is 18.2 Å². The monoisotopic (exact) mass is 237 g/mol. The van der Waals surface area contributed by atoms with Crippen molar-refractivity contribution in [2.24, 2.45) is 0 Å². The summed E-state index contributed by atoms with van der Waals surface area (Å²) < 4.78 is 18.7. The number of halogens is 1. The molecule has 2 N–H and O–H groups in total. The lowest BCUT2D eigenvalue weighted by atomic mass is 10.1. The SMILES string of the molecule is OCC1(NCC2Cc3cc(F)ccc3O2)CC1. The zero-order chi connectivity index (χ0) is 11.9. The van der Waals surface area contributed by atoms with Crippen LogP contribution in [0.1, 0.15) is 18.4 Å². The molecule has 17 heavy (non-hydrogen) atoms. The van der Waals surface area contributed by atoms with Gasteiger partial charge >= 0.3 is 0 Å². The number of hydrogen-bond acceptors (Lipinski definition) is 3. The van der Waals surface area contributed by atoms with Crippen molar-refractivity contribution < 1.29 is 14.2 Å². The molecule has 0 amide bonds. The summed E-state index contributed by atoms with van der Waals surface area (Å²) in [6.45, 7) is 0.887. The summed E-state index contributed by atoms with van der Waals surface area (Å²) in [4.78, 5) is 0. The minimum Gasteiger partial charge on any atom is -0.488 e. The molecule has 1 atom stereocenters. The number of benzene rings is 1. The first-order valence-electron chi connectivity index (χ1n) is 6.02.